The number of nitrogens with zero attached hydrogens (tertiary/aromatic N) is 4. The van der Waals surface area contributed by atoms with E-state index < -0.39 is 14.3 Å². The van der Waals surface area contributed by atoms with E-state index in [1.165, 1.54) is 0 Å². The Balaban J connectivity index is 1.03. The molecule has 0 aliphatic carbocycles. The van der Waals surface area contributed by atoms with Gasteiger partial charge in [0.2, 0.25) is 0 Å². The van der Waals surface area contributed by atoms with Gasteiger partial charge < -0.3 is 38.2 Å². The van der Waals surface area contributed by atoms with Crippen LogP contribution >= 0.6 is 14.3 Å². The number of hydrogen-bond acceptors (Lipinski definition) is 8. The van der Waals surface area contributed by atoms with Crippen LogP contribution < -0.4 is 60.9 Å². The van der Waals surface area contributed by atoms with Crippen molar-refractivity contribution in [2.75, 3.05) is 19.6 Å². The minimum Gasteiger partial charge on any atom is -0.456 e. The highest BCUT2D eigenvalue weighted by atomic mass is 31.2. The van der Waals surface area contributed by atoms with E-state index in [2.05, 4.69) is 214 Å². The molecule has 76 heavy (non-hydrogen) atoms. The second-order valence-corrected chi connectivity index (χ2v) is 25.3. The Kier molecular flexibility index (Phi) is 7.72. The predicted octanol–water partition coefficient (Wildman–Crippen LogP) is 15.8. The van der Waals surface area contributed by atoms with E-state index in [1.54, 1.807) is 0 Å². The van der Waals surface area contributed by atoms with Gasteiger partial charge in [-0.2, -0.15) is 0 Å². The van der Waals surface area contributed by atoms with Crippen LogP contribution in [0.2, 0.25) is 0 Å². The molecule has 2 atom stereocenters. The van der Waals surface area contributed by atoms with Crippen LogP contribution in [0.5, 0.6) is 23.0 Å². The molecule has 0 saturated heterocycles. The summed E-state index contributed by atoms with van der Waals surface area (Å²) in [6.45, 7) is 0. The van der Waals surface area contributed by atoms with Gasteiger partial charge >= 0.3 is 0 Å². The van der Waals surface area contributed by atoms with Crippen molar-refractivity contribution in [3.05, 3.63) is 231 Å². The van der Waals surface area contributed by atoms with Crippen LogP contribution in [0, 0.1) is 0 Å². The molecule has 12 aromatic carbocycles. The fourth-order valence-electron chi connectivity index (χ4n) is 13.6. The van der Waals surface area contributed by atoms with Crippen LogP contribution in [0.25, 0.3) is 32.3 Å². The van der Waals surface area contributed by atoms with Gasteiger partial charge in [-0.05, 0) is 108 Å². The summed E-state index contributed by atoms with van der Waals surface area (Å²) in [7, 11) is -7.68. The number of para-hydroxylation sites is 4. The standard InChI is InChI=1S/C66H38N4O4P2/c71-75-61-49-31-17-33-51(61)69(43-25-9-3-10-26-43)59-47-38-56-66-60(48(47)37-55(65(59)75)73-53-35-39-19-13-15-29-45(39)57(63(53)75)67(49)41-21-5-1-6-22-41)70(44-27-11-4-12-28-44)52-34-18-32-50-62(52)76(66,72)64-54(74-56)36-40-20-14-16-30-46(40)58(64)68(50)42-23-7-2-8-24-42/h1-38H. The van der Waals surface area contributed by atoms with Crippen LogP contribution in [0.15, 0.2) is 231 Å². The van der Waals surface area contributed by atoms with Crippen LogP contribution in [-0.4, -0.2) is 0 Å². The van der Waals surface area contributed by atoms with Crippen molar-refractivity contribution in [1.82, 2.24) is 0 Å². The average molecular weight is 1010 g/mol. The van der Waals surface area contributed by atoms with Crippen molar-refractivity contribution in [2.24, 2.45) is 0 Å². The number of hydrogen-bond donors (Lipinski definition) is 0. The number of fused-ring (bicyclic) bond motifs is 7. The Labute approximate surface area is 436 Å². The molecule has 0 saturated carbocycles. The molecule has 0 radical (unpaired) electrons. The lowest BCUT2D eigenvalue weighted by Gasteiger charge is -2.49. The van der Waals surface area contributed by atoms with Gasteiger partial charge in [0.1, 0.15) is 23.0 Å². The van der Waals surface area contributed by atoms with Crippen LogP contribution in [0.1, 0.15) is 0 Å². The highest BCUT2D eigenvalue weighted by molar-refractivity contribution is 7.88. The summed E-state index contributed by atoms with van der Waals surface area (Å²) in [5.74, 6) is 2.11. The lowest BCUT2D eigenvalue weighted by Crippen LogP contribution is -2.46. The Morgan fingerprint density at radius 2 is 0.539 bits per heavy atom. The topological polar surface area (TPSA) is 65.6 Å². The lowest BCUT2D eigenvalue weighted by atomic mass is 9.99. The van der Waals surface area contributed by atoms with Gasteiger partial charge in [0.05, 0.1) is 77.3 Å². The summed E-state index contributed by atoms with van der Waals surface area (Å²) < 4.78 is 50.7. The summed E-state index contributed by atoms with van der Waals surface area (Å²) in [5.41, 5.74) is 10.2. The van der Waals surface area contributed by atoms with Gasteiger partial charge in [-0.1, -0.05) is 133 Å². The molecule has 6 aliphatic rings. The second kappa shape index (κ2) is 14.3. The quantitative estimate of drug-likeness (QED) is 0.162. The minimum atomic E-state index is -3.84. The first kappa shape index (κ1) is 41.1. The van der Waals surface area contributed by atoms with E-state index >= 15 is 9.13 Å². The smallest absolute Gasteiger partial charge is 0.186 e. The molecule has 0 spiro atoms. The molecule has 0 fully saturated rings. The lowest BCUT2D eigenvalue weighted by molar-refractivity contribution is 0.485. The zero-order chi connectivity index (χ0) is 49.8. The number of anilines is 12. The highest BCUT2D eigenvalue weighted by Crippen LogP contribution is 2.71. The predicted molar refractivity (Wildman–Crippen MR) is 311 cm³/mol. The van der Waals surface area contributed by atoms with E-state index in [-0.39, 0.29) is 0 Å². The molecule has 0 bridgehead atoms. The van der Waals surface area contributed by atoms with Crippen molar-refractivity contribution >= 4 is 147 Å². The maximum absolute atomic E-state index is 17.9. The van der Waals surface area contributed by atoms with E-state index in [9.17, 15) is 0 Å². The van der Waals surface area contributed by atoms with Crippen molar-refractivity contribution < 1.29 is 18.6 Å². The van der Waals surface area contributed by atoms with Gasteiger partial charge in [-0.25, -0.2) is 0 Å². The fourth-order valence-corrected chi connectivity index (χ4v) is 20.7. The summed E-state index contributed by atoms with van der Waals surface area (Å²) in [5, 5.41) is 9.63. The Hall–Kier alpha value is -9.32. The monoisotopic (exact) mass is 1010 g/mol. The molecule has 18 rings (SSSR count). The molecule has 356 valence electrons. The molecule has 0 N–H and O–H groups in total. The van der Waals surface area contributed by atoms with Gasteiger partial charge in [0.15, 0.2) is 14.3 Å². The SMILES string of the molecule is O=P12c3c4cccc3N(c3ccccc3)c3c1c(cc1c5c6c(cc31)Oc1cc3ccccc3c3c1P6(=O)c1c(cccc1N5c1ccccc1)N3c1ccccc1)Oc1cc3ccccc3c(c12)N4c1ccccc1. The van der Waals surface area contributed by atoms with E-state index in [4.69, 9.17) is 9.47 Å². The van der Waals surface area contributed by atoms with E-state index in [0.29, 0.717) is 44.2 Å². The van der Waals surface area contributed by atoms with E-state index in [0.717, 1.165) is 111 Å². The van der Waals surface area contributed by atoms with Crippen molar-refractivity contribution in [3.63, 3.8) is 0 Å². The van der Waals surface area contributed by atoms with Crippen molar-refractivity contribution in [3.8, 4) is 23.0 Å². The summed E-state index contributed by atoms with van der Waals surface area (Å²) >= 11 is 0. The molecule has 0 aromatic heterocycles. The second-order valence-electron chi connectivity index (χ2n) is 20.2. The first-order chi connectivity index (χ1) is 37.5. The molecule has 10 heteroatoms. The Bertz CT molecular complexity index is 4440. The molecule has 6 heterocycles. The molecule has 0 amide bonds. The first-order valence-corrected chi connectivity index (χ1v) is 29.0. The van der Waals surface area contributed by atoms with E-state index in [1.807, 2.05) is 36.4 Å². The zero-order valence-corrected chi connectivity index (χ0v) is 42.0. The Morgan fingerprint density at radius 1 is 0.263 bits per heavy atom. The molecule has 2 unspecified atom stereocenters. The van der Waals surface area contributed by atoms with Crippen LogP contribution in [0.3, 0.4) is 0 Å². The summed E-state index contributed by atoms with van der Waals surface area (Å²) in [6.07, 6.45) is 0. The molecular formula is C66H38N4O4P2. The molecule has 8 nitrogen and oxygen atoms in total. The van der Waals surface area contributed by atoms with Crippen molar-refractivity contribution in [2.45, 2.75) is 0 Å². The minimum absolute atomic E-state index is 0.499. The molecule has 12 aromatic rings. The summed E-state index contributed by atoms with van der Waals surface area (Å²) in [6, 6.07) is 79.1. The van der Waals surface area contributed by atoms with Gasteiger partial charge in [0.25, 0.3) is 0 Å². The third kappa shape index (κ3) is 4.84. The maximum Gasteiger partial charge on any atom is 0.186 e. The summed E-state index contributed by atoms with van der Waals surface area (Å²) in [4.78, 5) is 9.13. The van der Waals surface area contributed by atoms with Gasteiger partial charge in [-0.15, -0.1) is 0 Å². The zero-order valence-electron chi connectivity index (χ0n) is 40.3. The highest BCUT2D eigenvalue weighted by Gasteiger charge is 2.58. The molecular weight excluding hydrogens is 975 g/mol. The van der Waals surface area contributed by atoms with Crippen LogP contribution in [0.4, 0.5) is 68.2 Å². The first-order valence-electron chi connectivity index (χ1n) is 25.6. The fraction of sp³-hybridized carbons (Fsp3) is 0. The normalized spacial score (nSPS) is 18.1. The number of rotatable bonds is 4. The largest absolute Gasteiger partial charge is 0.456 e. The maximum atomic E-state index is 17.9. The number of ether oxygens (including phenoxy) is 2. The van der Waals surface area contributed by atoms with Crippen molar-refractivity contribution in [1.29, 1.82) is 0 Å². The van der Waals surface area contributed by atoms with Gasteiger partial charge in [0, 0.05) is 44.3 Å². The third-order valence-electron chi connectivity index (χ3n) is 16.4. The average Bonchev–Trinajstić information content (AvgIpc) is 2.04. The third-order valence-corrected chi connectivity index (χ3v) is 22.8. The number of benzene rings is 12. The molecule has 6 aliphatic heterocycles. The van der Waals surface area contributed by atoms with Gasteiger partial charge in [-0.3, -0.25) is 0 Å². The van der Waals surface area contributed by atoms with Crippen LogP contribution in [-0.2, 0) is 9.13 Å². The Morgan fingerprint density at radius 3 is 0.868 bits per heavy atom.